The van der Waals surface area contributed by atoms with E-state index in [0.717, 1.165) is 44.6 Å². The summed E-state index contributed by atoms with van der Waals surface area (Å²) < 4.78 is 0. The number of hydrogen-bond acceptors (Lipinski definition) is 3. The number of hydrogen-bond donors (Lipinski definition) is 1. The monoisotopic (exact) mass is 277 g/mol. The molecule has 0 amide bonds. The molecule has 0 saturated carbocycles. The maximum Gasteiger partial charge on any atom is 0.128 e. The van der Waals surface area contributed by atoms with E-state index in [1.54, 1.807) is 0 Å². The van der Waals surface area contributed by atoms with Crippen molar-refractivity contribution in [3.05, 3.63) is 22.8 Å². The number of nitrogens with zero attached hydrogens (tertiary/aromatic N) is 2. The Kier molecular flexibility index (Phi) is 8.43. The Hall–Kier alpha value is -0.960. The fourth-order valence-electron chi connectivity index (χ4n) is 2.47. The van der Waals surface area contributed by atoms with Crippen molar-refractivity contribution in [2.24, 2.45) is 0 Å². The molecule has 1 aromatic rings. The van der Waals surface area contributed by atoms with Crippen LogP contribution in [0.15, 0.2) is 0 Å². The van der Waals surface area contributed by atoms with Gasteiger partial charge in [0.15, 0.2) is 0 Å². The standard InChI is InChI=1S/C17H31N3/c1-5-9-10-17-19-15(7-3)14(16(8-4)20-17)11-13-18-12-6-2/h18H,5-13H2,1-4H3. The summed E-state index contributed by atoms with van der Waals surface area (Å²) in [6, 6.07) is 0. The summed E-state index contributed by atoms with van der Waals surface area (Å²) in [5, 5.41) is 3.48. The molecule has 0 spiro atoms. The molecule has 114 valence electrons. The first-order chi connectivity index (χ1) is 9.76. The first kappa shape index (κ1) is 17.1. The molecule has 0 atom stereocenters. The quantitative estimate of drug-likeness (QED) is 0.665. The largest absolute Gasteiger partial charge is 0.316 e. The van der Waals surface area contributed by atoms with E-state index in [-0.39, 0.29) is 0 Å². The van der Waals surface area contributed by atoms with Gasteiger partial charge >= 0.3 is 0 Å². The van der Waals surface area contributed by atoms with Gasteiger partial charge in [0.25, 0.3) is 0 Å². The van der Waals surface area contributed by atoms with Gasteiger partial charge < -0.3 is 5.32 Å². The zero-order chi connectivity index (χ0) is 14.8. The Bertz CT molecular complexity index is 363. The molecule has 20 heavy (non-hydrogen) atoms. The predicted octanol–water partition coefficient (Wildman–Crippen LogP) is 3.49. The molecule has 0 unspecified atom stereocenters. The van der Waals surface area contributed by atoms with Crippen LogP contribution in [-0.2, 0) is 25.7 Å². The first-order valence-electron chi connectivity index (χ1n) is 8.34. The zero-order valence-corrected chi connectivity index (χ0v) is 13.8. The highest BCUT2D eigenvalue weighted by Crippen LogP contribution is 2.15. The SMILES string of the molecule is CCCCc1nc(CC)c(CCNCCC)c(CC)n1. The van der Waals surface area contributed by atoms with Crippen molar-refractivity contribution < 1.29 is 0 Å². The third-order valence-electron chi connectivity index (χ3n) is 3.63. The maximum absolute atomic E-state index is 4.80. The minimum Gasteiger partial charge on any atom is -0.316 e. The molecule has 0 aliphatic rings. The smallest absolute Gasteiger partial charge is 0.128 e. The zero-order valence-electron chi connectivity index (χ0n) is 13.8. The van der Waals surface area contributed by atoms with Gasteiger partial charge in [-0.05, 0) is 50.8 Å². The Labute approximate surface area is 124 Å². The van der Waals surface area contributed by atoms with Crippen molar-refractivity contribution in [1.82, 2.24) is 15.3 Å². The van der Waals surface area contributed by atoms with Crippen LogP contribution in [0.5, 0.6) is 0 Å². The number of aryl methyl sites for hydroxylation is 3. The van der Waals surface area contributed by atoms with Crippen LogP contribution in [0.3, 0.4) is 0 Å². The van der Waals surface area contributed by atoms with Crippen LogP contribution in [0.2, 0.25) is 0 Å². The van der Waals surface area contributed by atoms with Gasteiger partial charge in [0.2, 0.25) is 0 Å². The highest BCUT2D eigenvalue weighted by molar-refractivity contribution is 5.27. The van der Waals surface area contributed by atoms with Crippen molar-refractivity contribution >= 4 is 0 Å². The van der Waals surface area contributed by atoms with E-state index in [2.05, 4.69) is 33.0 Å². The number of nitrogens with one attached hydrogen (secondary N) is 1. The van der Waals surface area contributed by atoms with Crippen LogP contribution in [-0.4, -0.2) is 23.1 Å². The lowest BCUT2D eigenvalue weighted by Crippen LogP contribution is -2.20. The molecule has 1 N–H and O–H groups in total. The average molecular weight is 277 g/mol. The van der Waals surface area contributed by atoms with Crippen LogP contribution < -0.4 is 5.32 Å². The van der Waals surface area contributed by atoms with E-state index in [9.17, 15) is 0 Å². The van der Waals surface area contributed by atoms with E-state index < -0.39 is 0 Å². The molecule has 1 rings (SSSR count). The van der Waals surface area contributed by atoms with Crippen LogP contribution in [0, 0.1) is 0 Å². The molecule has 0 aromatic carbocycles. The second kappa shape index (κ2) is 9.87. The topological polar surface area (TPSA) is 37.8 Å². The van der Waals surface area contributed by atoms with Crippen molar-refractivity contribution in [1.29, 1.82) is 0 Å². The highest BCUT2D eigenvalue weighted by Gasteiger charge is 2.11. The van der Waals surface area contributed by atoms with E-state index in [0.29, 0.717) is 0 Å². The summed E-state index contributed by atoms with van der Waals surface area (Å²) >= 11 is 0. The predicted molar refractivity (Wildman–Crippen MR) is 86.3 cm³/mol. The molecular weight excluding hydrogens is 246 g/mol. The molecular formula is C17H31N3. The molecule has 0 fully saturated rings. The minimum absolute atomic E-state index is 1.01. The van der Waals surface area contributed by atoms with Crippen molar-refractivity contribution in [2.75, 3.05) is 13.1 Å². The summed E-state index contributed by atoms with van der Waals surface area (Å²) in [6.45, 7) is 11.0. The van der Waals surface area contributed by atoms with Crippen LogP contribution >= 0.6 is 0 Å². The fraction of sp³-hybridized carbons (Fsp3) is 0.765. The molecule has 3 nitrogen and oxygen atoms in total. The Morgan fingerprint density at radius 1 is 0.800 bits per heavy atom. The number of unbranched alkanes of at least 4 members (excludes halogenated alkanes) is 1. The van der Waals surface area contributed by atoms with E-state index >= 15 is 0 Å². The third-order valence-corrected chi connectivity index (χ3v) is 3.63. The lowest BCUT2D eigenvalue weighted by molar-refractivity contribution is 0.657. The third kappa shape index (κ3) is 5.20. The average Bonchev–Trinajstić information content (AvgIpc) is 2.49. The van der Waals surface area contributed by atoms with Crippen LogP contribution in [0.4, 0.5) is 0 Å². The Balaban J connectivity index is 2.84. The molecule has 0 saturated heterocycles. The Morgan fingerprint density at radius 2 is 1.45 bits per heavy atom. The van der Waals surface area contributed by atoms with E-state index in [1.807, 2.05) is 0 Å². The van der Waals surface area contributed by atoms with Gasteiger partial charge in [-0.3, -0.25) is 0 Å². The molecule has 0 aliphatic carbocycles. The summed E-state index contributed by atoms with van der Waals surface area (Å²) in [4.78, 5) is 9.59. The summed E-state index contributed by atoms with van der Waals surface area (Å²) in [5.74, 6) is 1.05. The normalized spacial score (nSPS) is 11.0. The van der Waals surface area contributed by atoms with Gasteiger partial charge in [-0.1, -0.05) is 34.1 Å². The van der Waals surface area contributed by atoms with Gasteiger partial charge in [0, 0.05) is 17.8 Å². The molecule has 1 aromatic heterocycles. The second-order valence-electron chi connectivity index (χ2n) is 5.32. The lowest BCUT2D eigenvalue weighted by atomic mass is 10.0. The number of aromatic nitrogens is 2. The van der Waals surface area contributed by atoms with Crippen LogP contribution in [0.1, 0.15) is 69.7 Å². The molecule has 1 heterocycles. The van der Waals surface area contributed by atoms with Crippen molar-refractivity contribution in [2.45, 2.75) is 72.6 Å². The number of rotatable bonds is 10. The fourth-order valence-corrected chi connectivity index (χ4v) is 2.47. The highest BCUT2D eigenvalue weighted by atomic mass is 14.9. The van der Waals surface area contributed by atoms with Crippen molar-refractivity contribution in [3.8, 4) is 0 Å². The summed E-state index contributed by atoms with van der Waals surface area (Å²) in [5.41, 5.74) is 3.92. The van der Waals surface area contributed by atoms with E-state index in [4.69, 9.17) is 9.97 Å². The van der Waals surface area contributed by atoms with Crippen molar-refractivity contribution in [3.63, 3.8) is 0 Å². The summed E-state index contributed by atoms with van der Waals surface area (Å²) in [7, 11) is 0. The van der Waals surface area contributed by atoms with Gasteiger partial charge in [0.1, 0.15) is 5.82 Å². The van der Waals surface area contributed by atoms with Gasteiger partial charge in [-0.2, -0.15) is 0 Å². The Morgan fingerprint density at radius 3 is 1.95 bits per heavy atom. The maximum atomic E-state index is 4.80. The summed E-state index contributed by atoms with van der Waals surface area (Å²) in [6.07, 6.45) is 7.67. The van der Waals surface area contributed by atoms with E-state index in [1.165, 1.54) is 36.2 Å². The minimum atomic E-state index is 1.01. The lowest BCUT2D eigenvalue weighted by Gasteiger charge is -2.14. The van der Waals surface area contributed by atoms with Gasteiger partial charge in [-0.25, -0.2) is 9.97 Å². The molecule has 3 heteroatoms. The molecule has 0 aliphatic heterocycles. The molecule has 0 radical (unpaired) electrons. The first-order valence-corrected chi connectivity index (χ1v) is 8.34. The van der Waals surface area contributed by atoms with Gasteiger partial charge in [-0.15, -0.1) is 0 Å². The van der Waals surface area contributed by atoms with Gasteiger partial charge in [0.05, 0.1) is 0 Å². The van der Waals surface area contributed by atoms with Crippen LogP contribution in [0.25, 0.3) is 0 Å². The second-order valence-corrected chi connectivity index (χ2v) is 5.32. The molecule has 0 bridgehead atoms.